The maximum Gasteiger partial charge on any atom is 0.227 e. The van der Waals surface area contributed by atoms with Crippen molar-refractivity contribution >= 4 is 28.8 Å². The maximum absolute atomic E-state index is 12.8. The third kappa shape index (κ3) is 4.04. The highest BCUT2D eigenvalue weighted by Gasteiger charge is 2.36. The van der Waals surface area contributed by atoms with Crippen LogP contribution in [0.5, 0.6) is 5.75 Å². The van der Waals surface area contributed by atoms with Crippen molar-refractivity contribution in [3.05, 3.63) is 59.2 Å². The minimum atomic E-state index is -0.413. The molecule has 2 atom stereocenters. The summed E-state index contributed by atoms with van der Waals surface area (Å²) in [4.78, 5) is 35.7. The minimum Gasteiger partial charge on any atom is -0.495 e. The largest absolute Gasteiger partial charge is 0.495 e. The van der Waals surface area contributed by atoms with Crippen LogP contribution in [0.3, 0.4) is 0 Å². The van der Waals surface area contributed by atoms with Gasteiger partial charge in [0.15, 0.2) is 0 Å². The molecule has 0 bridgehead atoms. The third-order valence-corrected chi connectivity index (χ3v) is 6.13. The first kappa shape index (κ1) is 20.0. The summed E-state index contributed by atoms with van der Waals surface area (Å²) in [5, 5.41) is 5.80. The number of thiazole rings is 1. The van der Waals surface area contributed by atoms with Crippen LogP contribution in [0, 0.1) is 5.92 Å². The second-order valence-corrected chi connectivity index (χ2v) is 8.00. The van der Waals surface area contributed by atoms with Gasteiger partial charge in [0, 0.05) is 36.3 Å². The van der Waals surface area contributed by atoms with Crippen molar-refractivity contribution in [1.82, 2.24) is 15.3 Å². The molecule has 0 aliphatic carbocycles. The van der Waals surface area contributed by atoms with Crippen LogP contribution >= 0.6 is 11.3 Å². The topological polar surface area (TPSA) is 84.4 Å². The van der Waals surface area contributed by atoms with Crippen molar-refractivity contribution in [2.24, 2.45) is 5.92 Å². The summed E-state index contributed by atoms with van der Waals surface area (Å²) in [6.07, 6.45) is 3.63. The van der Waals surface area contributed by atoms with Crippen molar-refractivity contribution < 1.29 is 14.3 Å². The number of methoxy groups -OCH3 is 1. The molecule has 0 radical (unpaired) electrons. The van der Waals surface area contributed by atoms with Gasteiger partial charge in [-0.15, -0.1) is 11.3 Å². The fourth-order valence-corrected chi connectivity index (χ4v) is 4.34. The minimum absolute atomic E-state index is 0.0819. The summed E-state index contributed by atoms with van der Waals surface area (Å²) < 4.78 is 5.36. The van der Waals surface area contributed by atoms with E-state index in [1.54, 1.807) is 30.5 Å². The molecule has 8 heteroatoms. The molecular weight excluding hydrogens is 400 g/mol. The molecule has 1 fully saturated rings. The lowest BCUT2D eigenvalue weighted by Crippen LogP contribution is -2.34. The highest BCUT2D eigenvalue weighted by atomic mass is 32.1. The lowest BCUT2D eigenvalue weighted by Gasteiger charge is -2.20. The number of pyridine rings is 1. The van der Waals surface area contributed by atoms with E-state index >= 15 is 0 Å². The fourth-order valence-electron chi connectivity index (χ4n) is 3.50. The van der Waals surface area contributed by atoms with Gasteiger partial charge in [0.2, 0.25) is 11.8 Å². The Kier molecular flexibility index (Phi) is 5.76. The highest BCUT2D eigenvalue weighted by Crippen LogP contribution is 2.33. The van der Waals surface area contributed by atoms with Gasteiger partial charge in [-0.1, -0.05) is 12.1 Å². The summed E-state index contributed by atoms with van der Waals surface area (Å²) >= 11 is 1.50. The number of carbonyl (C=O) groups is 2. The third-order valence-electron chi connectivity index (χ3n) is 5.10. The number of nitrogens with one attached hydrogen (secondary N) is 1. The molecule has 4 rings (SSSR count). The van der Waals surface area contributed by atoms with Gasteiger partial charge >= 0.3 is 0 Å². The van der Waals surface area contributed by atoms with E-state index in [9.17, 15) is 9.59 Å². The lowest BCUT2D eigenvalue weighted by atomic mass is 10.1. The van der Waals surface area contributed by atoms with Gasteiger partial charge in [0.25, 0.3) is 0 Å². The summed E-state index contributed by atoms with van der Waals surface area (Å²) in [5.41, 5.74) is 2.53. The summed E-state index contributed by atoms with van der Waals surface area (Å²) in [6, 6.07) is 10.9. The molecule has 0 saturated carbocycles. The molecule has 2 amide bonds. The molecule has 2 unspecified atom stereocenters. The van der Waals surface area contributed by atoms with Gasteiger partial charge in [-0.2, -0.15) is 0 Å². The Morgan fingerprint density at radius 3 is 2.80 bits per heavy atom. The monoisotopic (exact) mass is 422 g/mol. The number of hydrogen-bond acceptors (Lipinski definition) is 6. The molecule has 1 saturated heterocycles. The van der Waals surface area contributed by atoms with Crippen molar-refractivity contribution in [2.75, 3.05) is 18.6 Å². The van der Waals surface area contributed by atoms with E-state index < -0.39 is 5.92 Å². The molecule has 2 aromatic heterocycles. The van der Waals surface area contributed by atoms with E-state index in [1.807, 2.05) is 42.6 Å². The predicted octanol–water partition coefficient (Wildman–Crippen LogP) is 3.44. The molecule has 1 aliphatic rings. The van der Waals surface area contributed by atoms with Crippen LogP contribution < -0.4 is 15.0 Å². The molecule has 3 heterocycles. The quantitative estimate of drug-likeness (QED) is 0.658. The standard InChI is InChI=1S/C22H22N4O3S/c1-14(22-25-17(13-30-22)15-7-9-23-10-8-15)24-21(28)16-11-20(27)26(12-16)18-5-3-4-6-19(18)29-2/h3-10,13-14,16H,11-12H2,1-2H3,(H,24,28). The Morgan fingerprint density at radius 1 is 1.27 bits per heavy atom. The smallest absolute Gasteiger partial charge is 0.227 e. The van der Waals surface area contributed by atoms with E-state index in [1.165, 1.54) is 11.3 Å². The Morgan fingerprint density at radius 2 is 2.03 bits per heavy atom. The zero-order chi connectivity index (χ0) is 21.1. The normalized spacial score (nSPS) is 17.1. The zero-order valence-electron chi connectivity index (χ0n) is 16.7. The van der Waals surface area contributed by atoms with E-state index in [4.69, 9.17) is 4.74 Å². The molecular formula is C22H22N4O3S. The Bertz CT molecular complexity index is 1050. The SMILES string of the molecule is COc1ccccc1N1CC(C(=O)NC(C)c2nc(-c3ccncc3)cs2)CC1=O. The second kappa shape index (κ2) is 8.62. The van der Waals surface area contributed by atoms with Gasteiger partial charge in [-0.3, -0.25) is 14.6 Å². The predicted molar refractivity (Wildman–Crippen MR) is 115 cm³/mol. The number of anilines is 1. The number of para-hydroxylation sites is 2. The van der Waals surface area contributed by atoms with Gasteiger partial charge in [0.05, 0.1) is 30.5 Å². The number of carbonyl (C=O) groups excluding carboxylic acids is 2. The van der Waals surface area contributed by atoms with Crippen LogP contribution in [0.1, 0.15) is 24.4 Å². The van der Waals surface area contributed by atoms with E-state index in [0.29, 0.717) is 18.0 Å². The Labute approximate surface area is 178 Å². The number of benzene rings is 1. The van der Waals surface area contributed by atoms with Crippen molar-refractivity contribution in [1.29, 1.82) is 0 Å². The average Bonchev–Trinajstić information content (AvgIpc) is 3.41. The fraction of sp³-hybridized carbons (Fsp3) is 0.273. The number of ether oxygens (including phenoxy) is 1. The molecule has 0 spiro atoms. The number of rotatable bonds is 6. The molecule has 1 aliphatic heterocycles. The van der Waals surface area contributed by atoms with Gasteiger partial charge < -0.3 is 15.0 Å². The highest BCUT2D eigenvalue weighted by molar-refractivity contribution is 7.10. The van der Waals surface area contributed by atoms with Crippen LogP contribution in [0.15, 0.2) is 54.2 Å². The van der Waals surface area contributed by atoms with E-state index in [0.717, 1.165) is 16.3 Å². The first-order valence-corrected chi connectivity index (χ1v) is 10.5. The van der Waals surface area contributed by atoms with E-state index in [2.05, 4.69) is 15.3 Å². The van der Waals surface area contributed by atoms with Crippen LogP contribution in [-0.2, 0) is 9.59 Å². The molecule has 1 aromatic carbocycles. The van der Waals surface area contributed by atoms with E-state index in [-0.39, 0.29) is 24.3 Å². The first-order valence-electron chi connectivity index (χ1n) is 9.66. The number of nitrogens with zero attached hydrogens (tertiary/aromatic N) is 3. The Balaban J connectivity index is 1.42. The Hall–Kier alpha value is -3.26. The van der Waals surface area contributed by atoms with Gasteiger partial charge in [-0.05, 0) is 31.2 Å². The van der Waals surface area contributed by atoms with Gasteiger partial charge in [-0.25, -0.2) is 4.98 Å². The van der Waals surface area contributed by atoms with Crippen LogP contribution in [0.4, 0.5) is 5.69 Å². The number of hydrogen-bond donors (Lipinski definition) is 1. The zero-order valence-corrected chi connectivity index (χ0v) is 17.6. The molecule has 30 heavy (non-hydrogen) atoms. The lowest BCUT2D eigenvalue weighted by molar-refractivity contribution is -0.126. The number of amides is 2. The van der Waals surface area contributed by atoms with Gasteiger partial charge in [0.1, 0.15) is 10.8 Å². The first-order chi connectivity index (χ1) is 14.6. The molecule has 3 aromatic rings. The molecule has 7 nitrogen and oxygen atoms in total. The van der Waals surface area contributed by atoms with Crippen molar-refractivity contribution in [2.45, 2.75) is 19.4 Å². The summed E-state index contributed by atoms with van der Waals surface area (Å²) in [6.45, 7) is 2.24. The maximum atomic E-state index is 12.8. The number of aromatic nitrogens is 2. The van der Waals surface area contributed by atoms with Crippen LogP contribution in [-0.4, -0.2) is 35.4 Å². The molecule has 1 N–H and O–H groups in total. The second-order valence-electron chi connectivity index (χ2n) is 7.11. The van der Waals surface area contributed by atoms with Crippen LogP contribution in [0.25, 0.3) is 11.3 Å². The molecule has 154 valence electrons. The van der Waals surface area contributed by atoms with Crippen LogP contribution in [0.2, 0.25) is 0 Å². The van der Waals surface area contributed by atoms with Crippen molar-refractivity contribution in [3.8, 4) is 17.0 Å². The average molecular weight is 423 g/mol. The van der Waals surface area contributed by atoms with Crippen molar-refractivity contribution in [3.63, 3.8) is 0 Å². The summed E-state index contributed by atoms with van der Waals surface area (Å²) in [5.74, 6) is -0.0216. The summed E-state index contributed by atoms with van der Waals surface area (Å²) in [7, 11) is 1.57.